The van der Waals surface area contributed by atoms with E-state index in [-0.39, 0.29) is 16.9 Å². The molecule has 0 bridgehead atoms. The first kappa shape index (κ1) is 24.6. The number of rotatable bonds is 11. The van der Waals surface area contributed by atoms with Gasteiger partial charge in [0.2, 0.25) is 0 Å². The van der Waals surface area contributed by atoms with Crippen LogP contribution in [0.5, 0.6) is 17.2 Å². The van der Waals surface area contributed by atoms with Gasteiger partial charge >= 0.3 is 0 Å². The number of anilines is 1. The quantitative estimate of drug-likeness (QED) is 0.394. The maximum atomic E-state index is 12.8. The van der Waals surface area contributed by atoms with Crippen LogP contribution in [-0.2, 0) is 19.0 Å². The second kappa shape index (κ2) is 11.2. The lowest BCUT2D eigenvalue weighted by Gasteiger charge is -2.18. The number of amides is 1. The second-order valence-corrected chi connectivity index (χ2v) is 9.39. The van der Waals surface area contributed by atoms with Crippen LogP contribution in [0.2, 0.25) is 0 Å². The Morgan fingerprint density at radius 3 is 2.42 bits per heavy atom. The van der Waals surface area contributed by atoms with Crippen LogP contribution in [0.1, 0.15) is 23.7 Å². The summed E-state index contributed by atoms with van der Waals surface area (Å²) in [6.45, 7) is 2.35. The Kier molecular flexibility index (Phi) is 8.39. The number of carbonyl (C=O) groups excluding carboxylic acids is 1. The Hall–Kier alpha value is -2.99. The van der Waals surface area contributed by atoms with Gasteiger partial charge in [0.05, 0.1) is 18.6 Å². The lowest BCUT2D eigenvalue weighted by molar-refractivity contribution is 0.0785. The van der Waals surface area contributed by atoms with Crippen LogP contribution in [0.4, 0.5) is 5.13 Å². The number of ether oxygens (including phenoxy) is 3. The van der Waals surface area contributed by atoms with Crippen molar-refractivity contribution in [2.45, 2.75) is 24.3 Å². The van der Waals surface area contributed by atoms with Crippen molar-refractivity contribution in [1.82, 2.24) is 4.98 Å². The fraction of sp³-hybridized carbons (Fsp3) is 0.273. The van der Waals surface area contributed by atoms with Gasteiger partial charge in [0.25, 0.3) is 16.0 Å². The van der Waals surface area contributed by atoms with E-state index in [0.29, 0.717) is 41.0 Å². The third-order valence-corrected chi connectivity index (χ3v) is 6.45. The first-order valence-corrected chi connectivity index (χ1v) is 12.2. The van der Waals surface area contributed by atoms with E-state index in [1.165, 1.54) is 35.6 Å². The molecule has 0 aliphatic heterocycles. The van der Waals surface area contributed by atoms with E-state index in [2.05, 4.69) is 14.5 Å². The monoisotopic (exact) mass is 492 g/mol. The highest BCUT2D eigenvalue weighted by molar-refractivity contribution is 7.86. The molecule has 0 spiro atoms. The largest absolute Gasteiger partial charge is 0.488 e. The third-order valence-electron chi connectivity index (χ3n) is 4.47. The highest BCUT2D eigenvalue weighted by Gasteiger charge is 2.16. The van der Waals surface area contributed by atoms with E-state index in [0.717, 1.165) is 7.11 Å². The lowest BCUT2D eigenvalue weighted by Crippen LogP contribution is -2.21. The molecule has 11 heteroatoms. The van der Waals surface area contributed by atoms with Gasteiger partial charge < -0.3 is 14.2 Å². The van der Waals surface area contributed by atoms with Crippen LogP contribution >= 0.6 is 11.3 Å². The predicted molar refractivity (Wildman–Crippen MR) is 124 cm³/mol. The molecule has 176 valence electrons. The molecule has 3 rings (SSSR count). The van der Waals surface area contributed by atoms with Crippen LogP contribution in [0.3, 0.4) is 0 Å². The van der Waals surface area contributed by atoms with Crippen molar-refractivity contribution >= 4 is 32.5 Å². The van der Waals surface area contributed by atoms with Crippen molar-refractivity contribution in [3.63, 3.8) is 0 Å². The van der Waals surface area contributed by atoms with Crippen molar-refractivity contribution in [3.8, 4) is 17.2 Å². The maximum Gasteiger partial charge on any atom is 0.296 e. The summed E-state index contributed by atoms with van der Waals surface area (Å²) < 4.78 is 45.2. The van der Waals surface area contributed by atoms with E-state index in [1.807, 2.05) is 6.92 Å². The van der Waals surface area contributed by atoms with Crippen LogP contribution < -0.4 is 14.8 Å². The molecule has 0 radical (unpaired) electrons. The van der Waals surface area contributed by atoms with Crippen molar-refractivity contribution in [3.05, 3.63) is 59.6 Å². The summed E-state index contributed by atoms with van der Waals surface area (Å²) in [5, 5.41) is 4.96. The number of nitrogens with one attached hydrogen (secondary N) is 1. The van der Waals surface area contributed by atoms with Gasteiger partial charge in [-0.15, -0.1) is 11.3 Å². The van der Waals surface area contributed by atoms with Crippen LogP contribution in [-0.4, -0.2) is 46.2 Å². The van der Waals surface area contributed by atoms with Crippen molar-refractivity contribution < 1.29 is 31.6 Å². The van der Waals surface area contributed by atoms with Crippen LogP contribution in [0.15, 0.2) is 58.9 Å². The molecule has 0 aliphatic rings. The molecule has 1 amide bonds. The van der Waals surface area contributed by atoms with Gasteiger partial charge in [-0.3, -0.25) is 14.3 Å². The van der Waals surface area contributed by atoms with Crippen molar-refractivity contribution in [1.29, 1.82) is 0 Å². The third kappa shape index (κ3) is 6.75. The summed E-state index contributed by atoms with van der Waals surface area (Å²) in [6.07, 6.45) is 2.09. The van der Waals surface area contributed by atoms with Gasteiger partial charge in [0.15, 0.2) is 5.13 Å². The normalized spacial score (nSPS) is 12.2. The Balaban J connectivity index is 1.88. The summed E-state index contributed by atoms with van der Waals surface area (Å²) in [7, 11) is -1.12. The first-order chi connectivity index (χ1) is 15.8. The molecule has 0 saturated carbocycles. The smallest absolute Gasteiger partial charge is 0.296 e. The van der Waals surface area contributed by atoms with Crippen molar-refractivity contribution in [2.75, 3.05) is 26.1 Å². The second-order valence-electron chi connectivity index (χ2n) is 6.78. The van der Waals surface area contributed by atoms with E-state index in [9.17, 15) is 13.2 Å². The summed E-state index contributed by atoms with van der Waals surface area (Å²) in [5.74, 6) is 0.768. The van der Waals surface area contributed by atoms with Gasteiger partial charge in [0, 0.05) is 30.3 Å². The molecule has 1 heterocycles. The Morgan fingerprint density at radius 1 is 1.09 bits per heavy atom. The van der Waals surface area contributed by atoms with Crippen LogP contribution in [0.25, 0.3) is 0 Å². The molecule has 0 saturated heterocycles. The molecular formula is C22H24N2O7S2. The molecule has 0 unspecified atom stereocenters. The van der Waals surface area contributed by atoms with Gasteiger partial charge in [-0.05, 0) is 42.8 Å². The minimum absolute atomic E-state index is 0.00306. The zero-order chi connectivity index (χ0) is 23.8. The standard InChI is InChI=1S/C22H24N2O7S2/c1-4-16(14-28-2)30-18-11-15(21(25)24-22-23-9-10-32-22)12-19(13-18)31-17-5-7-20(8-6-17)33(26,27)29-3/h5-13,16H,4,14H2,1-3H3,(H,23,24,25)/t16-/m0/s1. The summed E-state index contributed by atoms with van der Waals surface area (Å²) in [4.78, 5) is 16.8. The molecule has 1 N–H and O–H groups in total. The lowest BCUT2D eigenvalue weighted by atomic mass is 10.2. The van der Waals surface area contributed by atoms with E-state index >= 15 is 0 Å². The summed E-state index contributed by atoms with van der Waals surface area (Å²) in [6, 6.07) is 10.6. The zero-order valence-electron chi connectivity index (χ0n) is 18.3. The number of aromatic nitrogens is 1. The van der Waals surface area contributed by atoms with Crippen LogP contribution in [0, 0.1) is 0 Å². The number of methoxy groups -OCH3 is 1. The minimum Gasteiger partial charge on any atom is -0.488 e. The molecule has 0 aliphatic carbocycles. The SMILES string of the molecule is CC[C@@H](COC)Oc1cc(Oc2ccc(S(=O)(=O)OC)cc2)cc(C(=O)Nc2nccs2)c1. The Labute approximate surface area is 196 Å². The average molecular weight is 493 g/mol. The average Bonchev–Trinajstić information content (AvgIpc) is 3.32. The highest BCUT2D eigenvalue weighted by atomic mass is 32.2. The minimum atomic E-state index is -3.80. The Bertz CT molecular complexity index is 1160. The van der Waals surface area contributed by atoms with Gasteiger partial charge in [-0.1, -0.05) is 6.92 Å². The number of thiazole rings is 1. The number of hydrogen-bond acceptors (Lipinski definition) is 9. The number of carbonyl (C=O) groups is 1. The summed E-state index contributed by atoms with van der Waals surface area (Å²) >= 11 is 1.30. The van der Waals surface area contributed by atoms with Gasteiger partial charge in [-0.2, -0.15) is 8.42 Å². The zero-order valence-corrected chi connectivity index (χ0v) is 19.9. The molecule has 1 atom stereocenters. The number of benzene rings is 2. The van der Waals surface area contributed by atoms with E-state index in [4.69, 9.17) is 14.2 Å². The highest BCUT2D eigenvalue weighted by Crippen LogP contribution is 2.30. The molecule has 1 aromatic heterocycles. The topological polar surface area (TPSA) is 113 Å². The fourth-order valence-electron chi connectivity index (χ4n) is 2.80. The molecule has 2 aromatic carbocycles. The molecule has 0 fully saturated rings. The first-order valence-electron chi connectivity index (χ1n) is 9.94. The molecule has 33 heavy (non-hydrogen) atoms. The number of nitrogens with zero attached hydrogens (tertiary/aromatic N) is 1. The number of hydrogen-bond donors (Lipinski definition) is 1. The summed E-state index contributed by atoms with van der Waals surface area (Å²) in [5.41, 5.74) is 0.309. The Morgan fingerprint density at radius 2 is 1.82 bits per heavy atom. The van der Waals surface area contributed by atoms with E-state index < -0.39 is 10.1 Å². The predicted octanol–water partition coefficient (Wildman–Crippen LogP) is 4.33. The van der Waals surface area contributed by atoms with Crippen molar-refractivity contribution in [2.24, 2.45) is 0 Å². The maximum absolute atomic E-state index is 12.8. The molecular weight excluding hydrogens is 468 g/mol. The van der Waals surface area contributed by atoms with Gasteiger partial charge in [-0.25, -0.2) is 4.98 Å². The molecule has 3 aromatic rings. The fourth-order valence-corrected chi connectivity index (χ4v) is 3.99. The van der Waals surface area contributed by atoms with Gasteiger partial charge in [0.1, 0.15) is 23.4 Å². The molecule has 9 nitrogen and oxygen atoms in total. The van der Waals surface area contributed by atoms with E-state index in [1.54, 1.807) is 36.9 Å².